The van der Waals surface area contributed by atoms with Crippen molar-refractivity contribution in [2.45, 2.75) is 37.9 Å². The lowest BCUT2D eigenvalue weighted by Gasteiger charge is -2.23. The first kappa shape index (κ1) is 6.62. The van der Waals surface area contributed by atoms with Crippen LogP contribution >= 0.6 is 0 Å². The van der Waals surface area contributed by atoms with E-state index >= 15 is 0 Å². The van der Waals surface area contributed by atoms with Gasteiger partial charge in [-0.05, 0) is 25.2 Å². The summed E-state index contributed by atoms with van der Waals surface area (Å²) in [5.41, 5.74) is 0. The molecule has 1 aliphatic heterocycles. The van der Waals surface area contributed by atoms with Crippen LogP contribution in [0.15, 0.2) is 0 Å². The van der Waals surface area contributed by atoms with Crippen LogP contribution in [0.1, 0.15) is 25.7 Å². The van der Waals surface area contributed by atoms with Crippen molar-refractivity contribution in [3.63, 3.8) is 0 Å². The van der Waals surface area contributed by atoms with Crippen LogP contribution in [0.2, 0.25) is 0 Å². The van der Waals surface area contributed by atoms with E-state index in [1.54, 1.807) is 0 Å². The summed E-state index contributed by atoms with van der Waals surface area (Å²) in [7, 11) is 0. The molecule has 0 aromatic rings. The van der Waals surface area contributed by atoms with Gasteiger partial charge in [-0.25, -0.2) is 0 Å². The molecule has 2 rings (SSSR count). The van der Waals surface area contributed by atoms with Crippen LogP contribution in [0.25, 0.3) is 0 Å². The van der Waals surface area contributed by atoms with E-state index in [4.69, 9.17) is 4.74 Å². The third-order valence-electron chi connectivity index (χ3n) is 2.57. The highest BCUT2D eigenvalue weighted by Crippen LogP contribution is 2.33. The van der Waals surface area contributed by atoms with Crippen molar-refractivity contribution < 1.29 is 9.84 Å². The zero-order valence-electron chi connectivity index (χ0n) is 6.12. The van der Waals surface area contributed by atoms with E-state index in [1.807, 2.05) is 0 Å². The molecule has 2 aliphatic rings. The first-order chi connectivity index (χ1) is 4.86. The molecule has 0 aromatic heterocycles. The molecule has 1 N–H and O–H groups in total. The molecule has 0 amide bonds. The van der Waals surface area contributed by atoms with E-state index in [2.05, 4.69) is 0 Å². The Kier molecular flexibility index (Phi) is 1.66. The maximum atomic E-state index is 9.30. The second-order valence-electron chi connectivity index (χ2n) is 3.45. The highest BCUT2D eigenvalue weighted by atomic mass is 16.6. The van der Waals surface area contributed by atoms with Gasteiger partial charge < -0.3 is 9.84 Å². The topological polar surface area (TPSA) is 32.8 Å². The SMILES string of the molecule is OC1CCCC(C2CO2)C1. The van der Waals surface area contributed by atoms with Crippen LogP contribution in [0, 0.1) is 5.92 Å². The summed E-state index contributed by atoms with van der Waals surface area (Å²) >= 11 is 0. The quantitative estimate of drug-likeness (QED) is 0.552. The van der Waals surface area contributed by atoms with Gasteiger partial charge in [0.1, 0.15) is 0 Å². The number of hydrogen-bond acceptors (Lipinski definition) is 2. The van der Waals surface area contributed by atoms with Crippen LogP contribution < -0.4 is 0 Å². The van der Waals surface area contributed by atoms with Crippen molar-refractivity contribution in [3.8, 4) is 0 Å². The molecule has 0 spiro atoms. The fourth-order valence-corrected chi connectivity index (χ4v) is 1.87. The smallest absolute Gasteiger partial charge is 0.0838 e. The highest BCUT2D eigenvalue weighted by Gasteiger charge is 2.35. The lowest BCUT2D eigenvalue weighted by atomic mass is 9.85. The highest BCUT2D eigenvalue weighted by molar-refractivity contribution is 4.84. The lowest BCUT2D eigenvalue weighted by Crippen LogP contribution is -2.22. The minimum absolute atomic E-state index is 0.0389. The van der Waals surface area contributed by atoms with Crippen molar-refractivity contribution >= 4 is 0 Å². The molecule has 1 heterocycles. The summed E-state index contributed by atoms with van der Waals surface area (Å²) < 4.78 is 5.19. The monoisotopic (exact) mass is 142 g/mol. The molecule has 1 saturated carbocycles. The Labute approximate surface area is 61.2 Å². The van der Waals surface area contributed by atoms with E-state index in [0.29, 0.717) is 12.0 Å². The number of aliphatic hydroxyl groups excluding tert-OH is 1. The van der Waals surface area contributed by atoms with Crippen LogP contribution in [0.3, 0.4) is 0 Å². The molecular formula is C8H14O2. The minimum atomic E-state index is -0.0389. The number of epoxide rings is 1. The summed E-state index contributed by atoms with van der Waals surface area (Å²) in [6.07, 6.45) is 4.90. The van der Waals surface area contributed by atoms with Crippen molar-refractivity contribution in [2.24, 2.45) is 5.92 Å². The molecule has 1 saturated heterocycles. The number of rotatable bonds is 1. The van der Waals surface area contributed by atoms with Crippen molar-refractivity contribution in [2.75, 3.05) is 6.61 Å². The molecular weight excluding hydrogens is 128 g/mol. The van der Waals surface area contributed by atoms with Gasteiger partial charge in [0, 0.05) is 0 Å². The zero-order valence-corrected chi connectivity index (χ0v) is 6.12. The largest absolute Gasteiger partial charge is 0.393 e. The predicted molar refractivity (Wildman–Crippen MR) is 37.7 cm³/mol. The molecule has 1 aliphatic carbocycles. The molecule has 0 radical (unpaired) electrons. The van der Waals surface area contributed by atoms with Crippen molar-refractivity contribution in [1.82, 2.24) is 0 Å². The molecule has 2 fully saturated rings. The van der Waals surface area contributed by atoms with Gasteiger partial charge in [-0.3, -0.25) is 0 Å². The van der Waals surface area contributed by atoms with Gasteiger partial charge in [0.15, 0.2) is 0 Å². The molecule has 2 nitrogen and oxygen atoms in total. The van der Waals surface area contributed by atoms with Gasteiger partial charge in [-0.1, -0.05) is 6.42 Å². The molecule has 3 atom stereocenters. The fourth-order valence-electron chi connectivity index (χ4n) is 1.87. The number of hydrogen-bond donors (Lipinski definition) is 1. The Bertz CT molecular complexity index is 120. The van der Waals surface area contributed by atoms with E-state index in [0.717, 1.165) is 19.4 Å². The van der Waals surface area contributed by atoms with Gasteiger partial charge in [-0.2, -0.15) is 0 Å². The number of ether oxygens (including phenoxy) is 1. The number of aliphatic hydroxyl groups is 1. The average Bonchev–Trinajstić information content (AvgIpc) is 2.68. The van der Waals surface area contributed by atoms with Gasteiger partial charge >= 0.3 is 0 Å². The molecule has 10 heavy (non-hydrogen) atoms. The summed E-state index contributed by atoms with van der Waals surface area (Å²) in [6, 6.07) is 0. The molecule has 2 heteroatoms. The maximum absolute atomic E-state index is 9.30. The third kappa shape index (κ3) is 1.32. The van der Waals surface area contributed by atoms with Crippen molar-refractivity contribution in [3.05, 3.63) is 0 Å². The molecule has 0 aromatic carbocycles. The van der Waals surface area contributed by atoms with Crippen LogP contribution in [0.5, 0.6) is 0 Å². The maximum Gasteiger partial charge on any atom is 0.0838 e. The van der Waals surface area contributed by atoms with Gasteiger partial charge in [-0.15, -0.1) is 0 Å². The van der Waals surface area contributed by atoms with Gasteiger partial charge in [0.25, 0.3) is 0 Å². The van der Waals surface area contributed by atoms with E-state index < -0.39 is 0 Å². The first-order valence-electron chi connectivity index (χ1n) is 4.16. The van der Waals surface area contributed by atoms with Crippen LogP contribution in [-0.4, -0.2) is 23.9 Å². The summed E-state index contributed by atoms with van der Waals surface area (Å²) in [5, 5.41) is 9.30. The summed E-state index contributed by atoms with van der Waals surface area (Å²) in [6.45, 7) is 0.942. The minimum Gasteiger partial charge on any atom is -0.393 e. The Morgan fingerprint density at radius 2 is 2.10 bits per heavy atom. The second-order valence-corrected chi connectivity index (χ2v) is 3.45. The normalized spacial score (nSPS) is 47.1. The van der Waals surface area contributed by atoms with Gasteiger partial charge in [0.05, 0.1) is 18.8 Å². The van der Waals surface area contributed by atoms with E-state index in [-0.39, 0.29) is 6.10 Å². The van der Waals surface area contributed by atoms with E-state index in [9.17, 15) is 5.11 Å². The molecule has 0 bridgehead atoms. The molecule has 3 unspecified atom stereocenters. The summed E-state index contributed by atoms with van der Waals surface area (Å²) in [4.78, 5) is 0. The Balaban J connectivity index is 1.84. The van der Waals surface area contributed by atoms with Crippen molar-refractivity contribution in [1.29, 1.82) is 0 Å². The first-order valence-corrected chi connectivity index (χ1v) is 4.16. The predicted octanol–water partition coefficient (Wildman–Crippen LogP) is 0.936. The Morgan fingerprint density at radius 1 is 1.30 bits per heavy atom. The fraction of sp³-hybridized carbons (Fsp3) is 1.00. The lowest BCUT2D eigenvalue weighted by molar-refractivity contribution is 0.0903. The Hall–Kier alpha value is -0.0800. The standard InChI is InChI=1S/C8H14O2/c9-7-3-1-2-6(4-7)8-5-10-8/h6-9H,1-5H2. The van der Waals surface area contributed by atoms with E-state index in [1.165, 1.54) is 12.8 Å². The Morgan fingerprint density at radius 3 is 2.70 bits per heavy atom. The summed E-state index contributed by atoms with van der Waals surface area (Å²) in [5.74, 6) is 0.670. The molecule has 58 valence electrons. The third-order valence-corrected chi connectivity index (χ3v) is 2.57. The second kappa shape index (κ2) is 2.51. The zero-order chi connectivity index (χ0) is 6.97. The van der Waals surface area contributed by atoms with Crippen LogP contribution in [-0.2, 0) is 4.74 Å². The van der Waals surface area contributed by atoms with Crippen LogP contribution in [0.4, 0.5) is 0 Å². The van der Waals surface area contributed by atoms with Gasteiger partial charge in [0.2, 0.25) is 0 Å². The average molecular weight is 142 g/mol.